The number of urea groups is 1. The molecule has 1 saturated heterocycles. The smallest absolute Gasteiger partial charge is 0.327 e. The Hall–Kier alpha value is -2.67. The number of hydrogen-bond acceptors (Lipinski definition) is 4. The summed E-state index contributed by atoms with van der Waals surface area (Å²) in [6, 6.07) is 12.9. The van der Waals surface area contributed by atoms with Gasteiger partial charge >= 0.3 is 6.03 Å². The molecule has 1 spiro atoms. The normalized spacial score (nSPS) is 19.6. The second-order valence-corrected chi connectivity index (χ2v) is 8.73. The zero-order valence-corrected chi connectivity index (χ0v) is 17.3. The molecule has 152 valence electrons. The van der Waals surface area contributed by atoms with Crippen LogP contribution >= 0.6 is 11.3 Å². The molecule has 1 aromatic carbocycles. The maximum Gasteiger partial charge on any atom is 0.327 e. The van der Waals surface area contributed by atoms with Crippen molar-refractivity contribution in [3.05, 3.63) is 58.3 Å². The number of nitrogens with one attached hydrogen (secondary N) is 1. The van der Waals surface area contributed by atoms with Crippen LogP contribution in [0.2, 0.25) is 0 Å². The molecular formula is C22H25N3O3S. The van der Waals surface area contributed by atoms with Crippen molar-refractivity contribution >= 4 is 29.2 Å². The van der Waals surface area contributed by atoms with E-state index in [1.807, 2.05) is 47.8 Å². The van der Waals surface area contributed by atoms with Crippen LogP contribution in [0.1, 0.15) is 48.6 Å². The highest BCUT2D eigenvalue weighted by molar-refractivity contribution is 7.10. The highest BCUT2D eigenvalue weighted by Crippen LogP contribution is 2.39. The van der Waals surface area contributed by atoms with Gasteiger partial charge in [-0.15, -0.1) is 11.3 Å². The lowest BCUT2D eigenvalue weighted by atomic mass is 9.81. The monoisotopic (exact) mass is 411 g/mol. The maximum absolute atomic E-state index is 13.1. The minimum Gasteiger partial charge on any atom is -0.343 e. The number of benzene rings is 1. The Morgan fingerprint density at radius 2 is 1.83 bits per heavy atom. The Balaban J connectivity index is 1.51. The van der Waals surface area contributed by atoms with Crippen LogP contribution in [0.3, 0.4) is 0 Å². The molecule has 29 heavy (non-hydrogen) atoms. The molecule has 0 unspecified atom stereocenters. The van der Waals surface area contributed by atoms with E-state index in [4.69, 9.17) is 0 Å². The van der Waals surface area contributed by atoms with Gasteiger partial charge < -0.3 is 10.2 Å². The lowest BCUT2D eigenvalue weighted by Crippen LogP contribution is -2.49. The van der Waals surface area contributed by atoms with E-state index in [0.29, 0.717) is 12.8 Å². The van der Waals surface area contributed by atoms with Crippen molar-refractivity contribution in [1.82, 2.24) is 15.1 Å². The minimum absolute atomic E-state index is 0.229. The Bertz CT molecular complexity index is 891. The fourth-order valence-electron chi connectivity index (χ4n) is 4.44. The van der Waals surface area contributed by atoms with Gasteiger partial charge in [0.1, 0.15) is 12.1 Å². The zero-order chi connectivity index (χ0) is 20.4. The number of likely N-dealkylation sites (N-methyl/N-ethyl adjacent to an activating group) is 1. The molecule has 2 heterocycles. The predicted octanol–water partition coefficient (Wildman–Crippen LogP) is 3.55. The SMILES string of the molecule is CN1C(=O)N(CC(=O)N[C@@H](c2ccccc2)c2cccs2)C(=O)C12CCCCC2. The van der Waals surface area contributed by atoms with Gasteiger partial charge in [-0.2, -0.15) is 0 Å². The zero-order valence-electron chi connectivity index (χ0n) is 16.5. The van der Waals surface area contributed by atoms with E-state index in [2.05, 4.69) is 5.32 Å². The van der Waals surface area contributed by atoms with E-state index in [-0.39, 0.29) is 30.4 Å². The molecule has 1 aromatic heterocycles. The number of imide groups is 1. The summed E-state index contributed by atoms with van der Waals surface area (Å²) in [5, 5.41) is 4.98. The molecule has 1 aliphatic carbocycles. The molecule has 0 bridgehead atoms. The first-order chi connectivity index (χ1) is 14.0. The molecule has 0 radical (unpaired) electrons. The second kappa shape index (κ2) is 7.99. The van der Waals surface area contributed by atoms with Gasteiger partial charge in [-0.05, 0) is 29.9 Å². The van der Waals surface area contributed by atoms with E-state index < -0.39 is 5.54 Å². The predicted molar refractivity (Wildman–Crippen MR) is 111 cm³/mol. The summed E-state index contributed by atoms with van der Waals surface area (Å²) in [6.45, 7) is -0.252. The first-order valence-corrected chi connectivity index (χ1v) is 10.9. The highest BCUT2D eigenvalue weighted by Gasteiger charge is 2.55. The van der Waals surface area contributed by atoms with Gasteiger partial charge in [0.2, 0.25) is 5.91 Å². The molecule has 4 amide bonds. The largest absolute Gasteiger partial charge is 0.343 e. The maximum atomic E-state index is 13.1. The lowest BCUT2D eigenvalue weighted by molar-refractivity contribution is -0.137. The van der Waals surface area contributed by atoms with Gasteiger partial charge in [0.05, 0.1) is 6.04 Å². The third kappa shape index (κ3) is 3.55. The second-order valence-electron chi connectivity index (χ2n) is 7.75. The number of hydrogen-bond donors (Lipinski definition) is 1. The molecule has 1 atom stereocenters. The molecule has 1 aliphatic heterocycles. The Morgan fingerprint density at radius 3 is 2.48 bits per heavy atom. The summed E-state index contributed by atoms with van der Waals surface area (Å²) in [5.41, 5.74) is 0.200. The number of carbonyl (C=O) groups excluding carboxylic acids is 3. The topological polar surface area (TPSA) is 69.7 Å². The summed E-state index contributed by atoms with van der Waals surface area (Å²) in [5.74, 6) is -0.567. The van der Waals surface area contributed by atoms with Gasteiger partial charge in [0.25, 0.3) is 5.91 Å². The minimum atomic E-state index is -0.762. The van der Waals surface area contributed by atoms with Crippen molar-refractivity contribution in [3.8, 4) is 0 Å². The standard InChI is InChI=1S/C22H25N3O3S/c1-24-21(28)25(20(27)22(24)12-6-3-7-13-22)15-18(26)23-19(17-11-8-14-29-17)16-9-4-2-5-10-16/h2,4-5,8-11,14,19H,3,6-7,12-13,15H2,1H3,(H,23,26)/t19-/m0/s1. The molecular weight excluding hydrogens is 386 g/mol. The summed E-state index contributed by atoms with van der Waals surface area (Å²) in [7, 11) is 1.68. The van der Waals surface area contributed by atoms with E-state index in [0.717, 1.165) is 34.6 Å². The third-order valence-electron chi connectivity index (χ3n) is 6.05. The van der Waals surface area contributed by atoms with E-state index in [1.165, 1.54) is 0 Å². The summed E-state index contributed by atoms with van der Waals surface area (Å²) in [6.07, 6.45) is 4.29. The molecule has 7 heteroatoms. The Kier molecular flexibility index (Phi) is 5.41. The van der Waals surface area contributed by atoms with Gasteiger partial charge in [0.15, 0.2) is 0 Å². The van der Waals surface area contributed by atoms with Crippen LogP contribution in [0.25, 0.3) is 0 Å². The third-order valence-corrected chi connectivity index (χ3v) is 6.99. The van der Waals surface area contributed by atoms with Crippen molar-refractivity contribution in [2.75, 3.05) is 13.6 Å². The molecule has 2 aliphatic rings. The number of nitrogens with zero attached hydrogens (tertiary/aromatic N) is 2. The van der Waals surface area contributed by atoms with Crippen LogP contribution in [0, 0.1) is 0 Å². The van der Waals surface area contributed by atoms with Crippen molar-refractivity contribution in [2.45, 2.75) is 43.7 Å². The van der Waals surface area contributed by atoms with Crippen LogP contribution in [0.4, 0.5) is 4.79 Å². The van der Waals surface area contributed by atoms with Crippen molar-refractivity contribution in [2.24, 2.45) is 0 Å². The summed E-state index contributed by atoms with van der Waals surface area (Å²) < 4.78 is 0. The van der Waals surface area contributed by atoms with Crippen LogP contribution in [-0.4, -0.2) is 46.8 Å². The molecule has 2 fully saturated rings. The van der Waals surface area contributed by atoms with Crippen molar-refractivity contribution in [3.63, 3.8) is 0 Å². The molecule has 1 saturated carbocycles. The molecule has 1 N–H and O–H groups in total. The van der Waals surface area contributed by atoms with Crippen molar-refractivity contribution < 1.29 is 14.4 Å². The average molecular weight is 412 g/mol. The summed E-state index contributed by atoms with van der Waals surface area (Å²) in [4.78, 5) is 42.4. The van der Waals surface area contributed by atoms with Crippen LogP contribution in [0.5, 0.6) is 0 Å². The number of thiophene rings is 1. The van der Waals surface area contributed by atoms with E-state index in [1.54, 1.807) is 23.3 Å². The molecule has 4 rings (SSSR count). The van der Waals surface area contributed by atoms with Crippen molar-refractivity contribution in [1.29, 1.82) is 0 Å². The van der Waals surface area contributed by atoms with Crippen LogP contribution in [-0.2, 0) is 9.59 Å². The number of carbonyl (C=O) groups is 3. The van der Waals surface area contributed by atoms with Gasteiger partial charge in [-0.25, -0.2) is 4.79 Å². The lowest BCUT2D eigenvalue weighted by Gasteiger charge is -2.35. The van der Waals surface area contributed by atoms with Gasteiger partial charge in [-0.3, -0.25) is 14.5 Å². The summed E-state index contributed by atoms with van der Waals surface area (Å²) >= 11 is 1.56. The molecule has 6 nitrogen and oxygen atoms in total. The highest BCUT2D eigenvalue weighted by atomic mass is 32.1. The average Bonchev–Trinajstić information content (AvgIpc) is 3.34. The Morgan fingerprint density at radius 1 is 1.10 bits per heavy atom. The fourth-order valence-corrected chi connectivity index (χ4v) is 5.24. The number of amides is 4. The first-order valence-electron chi connectivity index (χ1n) is 10.0. The number of rotatable bonds is 5. The first kappa shape index (κ1) is 19.6. The van der Waals surface area contributed by atoms with Crippen LogP contribution < -0.4 is 5.32 Å². The van der Waals surface area contributed by atoms with E-state index >= 15 is 0 Å². The molecule has 2 aromatic rings. The van der Waals surface area contributed by atoms with E-state index in [9.17, 15) is 14.4 Å². The Labute approximate surface area is 174 Å². The van der Waals surface area contributed by atoms with Crippen LogP contribution in [0.15, 0.2) is 47.8 Å². The fraction of sp³-hybridized carbons (Fsp3) is 0.409. The van der Waals surface area contributed by atoms with Gasteiger partial charge in [-0.1, -0.05) is 55.7 Å². The quantitative estimate of drug-likeness (QED) is 0.765. The van der Waals surface area contributed by atoms with Gasteiger partial charge in [0, 0.05) is 11.9 Å².